The Morgan fingerprint density at radius 3 is 2.25 bits per heavy atom. The van der Waals surface area contributed by atoms with Crippen molar-refractivity contribution in [3.63, 3.8) is 0 Å². The molecule has 1 nitrogen and oxygen atoms in total. The van der Waals surface area contributed by atoms with Gasteiger partial charge in [0.2, 0.25) is 0 Å². The first-order valence-corrected chi connectivity index (χ1v) is 8.58. The molecule has 28 heavy (non-hydrogen) atoms. The van der Waals surface area contributed by atoms with E-state index in [2.05, 4.69) is 36.4 Å². The van der Waals surface area contributed by atoms with Gasteiger partial charge in [-0.25, -0.2) is 0 Å². The van der Waals surface area contributed by atoms with Crippen molar-refractivity contribution in [2.45, 2.75) is 0 Å². The van der Waals surface area contributed by atoms with Crippen LogP contribution in [0.25, 0.3) is 11.1 Å². The van der Waals surface area contributed by atoms with Crippen molar-refractivity contribution >= 4 is 23.1 Å². The second-order valence-electron chi connectivity index (χ2n) is 6.22. The molecule has 0 bridgehead atoms. The van der Waals surface area contributed by atoms with Crippen LogP contribution in [-0.2, 0) is 32.7 Å². The van der Waals surface area contributed by atoms with Crippen LogP contribution in [0.1, 0.15) is 0 Å². The largest absolute Gasteiger partial charge is 1.00 e. The standard InChI is InChI=1S/C24H13BO.Li.Y/c1-3-10-18(11-4-1)20-14-9-16-22-24(20)26-23-17-8-7-15-21(23)25(22)19-12-5-2-6-13-19;;/h1-10,12,15,17H;;/q-4;+1;. The average molecular weight is 424 g/mol. The maximum absolute atomic E-state index is 6.32. The Morgan fingerprint density at radius 1 is 0.750 bits per heavy atom. The van der Waals surface area contributed by atoms with Gasteiger partial charge in [-0.1, -0.05) is 18.2 Å². The summed E-state index contributed by atoms with van der Waals surface area (Å²) in [4.78, 5) is 0. The number of ether oxygens (including phenoxy) is 1. The Labute approximate surface area is 203 Å². The van der Waals surface area contributed by atoms with Crippen molar-refractivity contribution in [1.29, 1.82) is 0 Å². The zero-order chi connectivity index (χ0) is 17.3. The van der Waals surface area contributed by atoms with E-state index < -0.39 is 0 Å². The second-order valence-corrected chi connectivity index (χ2v) is 6.22. The molecule has 0 saturated carbocycles. The third-order valence-corrected chi connectivity index (χ3v) is 4.67. The first-order valence-electron chi connectivity index (χ1n) is 8.58. The molecule has 125 valence electrons. The summed E-state index contributed by atoms with van der Waals surface area (Å²) in [6.07, 6.45) is 0. The zero-order valence-corrected chi connectivity index (χ0v) is 18.4. The summed E-state index contributed by atoms with van der Waals surface area (Å²) in [7, 11) is 0. The third-order valence-electron chi connectivity index (χ3n) is 4.67. The number of rotatable bonds is 2. The molecule has 0 aromatic heterocycles. The molecule has 0 fully saturated rings. The van der Waals surface area contributed by atoms with Crippen LogP contribution in [0.3, 0.4) is 0 Å². The van der Waals surface area contributed by atoms with Gasteiger partial charge in [0, 0.05) is 32.7 Å². The van der Waals surface area contributed by atoms with Crippen LogP contribution >= 0.6 is 0 Å². The predicted octanol–water partition coefficient (Wildman–Crippen LogP) is 0.178. The van der Waals surface area contributed by atoms with Gasteiger partial charge in [0.1, 0.15) is 0 Å². The van der Waals surface area contributed by atoms with E-state index in [9.17, 15) is 0 Å². The molecule has 0 N–H and O–H groups in total. The Morgan fingerprint density at radius 2 is 1.50 bits per heavy atom. The number of hydrogen-bond acceptors (Lipinski definition) is 1. The maximum atomic E-state index is 6.32. The molecule has 0 saturated heterocycles. The summed E-state index contributed by atoms with van der Waals surface area (Å²) in [5.74, 6) is 1.67. The Balaban J connectivity index is 0.00000112. The molecule has 4 heteroatoms. The monoisotopic (exact) mass is 424 g/mol. The molecule has 0 aliphatic carbocycles. The molecular weight excluding hydrogens is 411 g/mol. The third kappa shape index (κ3) is 3.80. The molecule has 1 aliphatic rings. The zero-order valence-electron chi connectivity index (χ0n) is 15.6. The van der Waals surface area contributed by atoms with Crippen LogP contribution in [0.2, 0.25) is 0 Å². The van der Waals surface area contributed by atoms with Crippen LogP contribution in [0, 0.1) is 24.3 Å². The molecule has 4 aromatic rings. The Bertz CT molecular complexity index is 1070. The molecule has 0 atom stereocenters. The van der Waals surface area contributed by atoms with Gasteiger partial charge < -0.3 is 22.9 Å². The van der Waals surface area contributed by atoms with Crippen LogP contribution < -0.4 is 40.0 Å². The minimum atomic E-state index is 0. The van der Waals surface area contributed by atoms with Gasteiger partial charge >= 0.3 is 18.9 Å². The quantitative estimate of drug-likeness (QED) is 0.291. The second kappa shape index (κ2) is 9.30. The molecule has 0 amide bonds. The van der Waals surface area contributed by atoms with E-state index in [1.54, 1.807) is 0 Å². The normalized spacial score (nSPS) is 11.2. The smallest absolute Gasteiger partial charge is 0.588 e. The molecule has 4 aromatic carbocycles. The average Bonchev–Trinajstić information content (AvgIpc) is 2.73. The summed E-state index contributed by atoms with van der Waals surface area (Å²) in [5, 5.41) is 0. The van der Waals surface area contributed by atoms with Gasteiger partial charge in [-0.15, -0.1) is 36.1 Å². The molecule has 0 spiro atoms. The van der Waals surface area contributed by atoms with E-state index in [-0.39, 0.29) is 58.3 Å². The van der Waals surface area contributed by atoms with Crippen LogP contribution in [0.5, 0.6) is 11.5 Å². The maximum Gasteiger partial charge on any atom is 1.00 e. The van der Waals surface area contributed by atoms with Crippen molar-refractivity contribution in [3.8, 4) is 22.6 Å². The van der Waals surface area contributed by atoms with E-state index in [0.29, 0.717) is 0 Å². The molecule has 0 unspecified atom stereocenters. The van der Waals surface area contributed by atoms with Crippen molar-refractivity contribution in [3.05, 3.63) is 103 Å². The number of fused-ring (bicyclic) bond motifs is 2. The fourth-order valence-corrected chi connectivity index (χ4v) is 3.51. The Hall–Kier alpha value is -1.55. The van der Waals surface area contributed by atoms with Crippen LogP contribution in [0.15, 0.2) is 78.9 Å². The number of para-hydroxylation sites is 1. The first kappa shape index (κ1) is 21.2. The predicted molar refractivity (Wildman–Crippen MR) is 105 cm³/mol. The van der Waals surface area contributed by atoms with Crippen molar-refractivity contribution in [2.75, 3.05) is 0 Å². The number of hydrogen-bond donors (Lipinski definition) is 0. The first-order chi connectivity index (χ1) is 12.9. The van der Waals surface area contributed by atoms with Crippen molar-refractivity contribution < 1.29 is 56.3 Å². The summed E-state index contributed by atoms with van der Waals surface area (Å²) >= 11 is 0. The molecule has 1 heterocycles. The van der Waals surface area contributed by atoms with Crippen molar-refractivity contribution in [1.82, 2.24) is 0 Å². The van der Waals surface area contributed by atoms with E-state index in [4.69, 9.17) is 4.74 Å². The van der Waals surface area contributed by atoms with Gasteiger partial charge in [0.05, 0.1) is 5.75 Å². The Kier molecular flexibility index (Phi) is 7.03. The van der Waals surface area contributed by atoms with Crippen LogP contribution in [-0.4, -0.2) is 6.71 Å². The van der Waals surface area contributed by atoms with E-state index in [1.807, 2.05) is 66.7 Å². The van der Waals surface area contributed by atoms with Gasteiger partial charge in [-0.05, 0) is 11.5 Å². The molecular formula is C24H13BLiOY-3. The van der Waals surface area contributed by atoms with Gasteiger partial charge in [0.15, 0.2) is 6.71 Å². The summed E-state index contributed by atoms with van der Waals surface area (Å²) in [5.41, 5.74) is 5.13. The van der Waals surface area contributed by atoms with Gasteiger partial charge in [0.25, 0.3) is 0 Å². The fraction of sp³-hybridized carbons (Fsp3) is 0. The summed E-state index contributed by atoms with van der Waals surface area (Å²) < 4.78 is 6.32. The molecule has 1 aliphatic heterocycles. The van der Waals surface area contributed by atoms with E-state index >= 15 is 0 Å². The van der Waals surface area contributed by atoms with Crippen molar-refractivity contribution in [2.24, 2.45) is 0 Å². The van der Waals surface area contributed by atoms with Gasteiger partial charge in [-0.2, -0.15) is 41.4 Å². The number of benzene rings is 4. The van der Waals surface area contributed by atoms with Gasteiger partial charge in [-0.3, -0.25) is 11.0 Å². The van der Waals surface area contributed by atoms with E-state index in [0.717, 1.165) is 39.0 Å². The minimum absolute atomic E-state index is 0. The minimum Gasteiger partial charge on any atom is -0.588 e. The fourth-order valence-electron chi connectivity index (χ4n) is 3.51. The molecule has 1 radical (unpaired) electrons. The topological polar surface area (TPSA) is 9.23 Å². The van der Waals surface area contributed by atoms with E-state index in [1.165, 1.54) is 0 Å². The summed E-state index contributed by atoms with van der Waals surface area (Å²) in [6, 6.07) is 39.3. The SMILES string of the molecule is [Li+].[Y].[c-]1ccccc1B1c2[c-]c[c-]c(-c3[c-]cccc3)c2Oc2ccccc21. The summed E-state index contributed by atoms with van der Waals surface area (Å²) in [6.45, 7) is 0.0354. The molecule has 5 rings (SSSR count). The van der Waals surface area contributed by atoms with Crippen LogP contribution in [0.4, 0.5) is 0 Å².